The van der Waals surface area contributed by atoms with Crippen LogP contribution in [0.2, 0.25) is 5.15 Å². The van der Waals surface area contributed by atoms with E-state index < -0.39 is 0 Å². The van der Waals surface area contributed by atoms with Crippen LogP contribution in [-0.4, -0.2) is 17.7 Å². The lowest BCUT2D eigenvalue weighted by atomic mass is 10.3. The van der Waals surface area contributed by atoms with Gasteiger partial charge in [-0.25, -0.2) is 4.98 Å². The minimum atomic E-state index is 0.546. The van der Waals surface area contributed by atoms with Crippen LogP contribution in [0.4, 0.5) is 0 Å². The van der Waals surface area contributed by atoms with E-state index in [1.54, 1.807) is 6.20 Å². The third-order valence-electron chi connectivity index (χ3n) is 2.04. The lowest BCUT2D eigenvalue weighted by Crippen LogP contribution is -1.94. The third-order valence-corrected chi connectivity index (χ3v) is 2.25. The predicted octanol–water partition coefficient (Wildman–Crippen LogP) is 4.25. The Morgan fingerprint density at radius 2 is 2.12 bits per heavy atom. The molecule has 0 amide bonds. The molecule has 1 aromatic rings. The summed E-state index contributed by atoms with van der Waals surface area (Å²) in [6.07, 6.45) is 4.77. The van der Waals surface area contributed by atoms with E-state index in [-0.39, 0.29) is 0 Å². The van der Waals surface area contributed by atoms with Crippen LogP contribution in [0.5, 0.6) is 0 Å². The van der Waals surface area contributed by atoms with Crippen molar-refractivity contribution < 1.29 is 4.74 Å². The van der Waals surface area contributed by atoms with Gasteiger partial charge in [0.25, 0.3) is 0 Å². The molecule has 1 unspecified atom stereocenters. The second-order valence-corrected chi connectivity index (χ2v) is 3.87. The Balaban J connectivity index is 0.000000251. The summed E-state index contributed by atoms with van der Waals surface area (Å²) in [6, 6.07) is 3.73. The predicted molar refractivity (Wildman–Crippen MR) is 70.0 cm³/mol. The van der Waals surface area contributed by atoms with Crippen molar-refractivity contribution in [2.24, 2.45) is 0 Å². The maximum atomic E-state index is 5.53. The zero-order valence-corrected chi connectivity index (χ0v) is 11.4. The number of aromatic nitrogens is 1. The molecule has 0 aliphatic carbocycles. The first-order valence-electron chi connectivity index (χ1n) is 5.88. The van der Waals surface area contributed by atoms with E-state index in [1.165, 1.54) is 12.8 Å². The molecule has 1 aliphatic rings. The van der Waals surface area contributed by atoms with Gasteiger partial charge < -0.3 is 4.74 Å². The average molecular weight is 244 g/mol. The van der Waals surface area contributed by atoms with Crippen LogP contribution in [0.1, 0.15) is 39.2 Å². The summed E-state index contributed by atoms with van der Waals surface area (Å²) in [5, 5.41) is 0.560. The number of rotatable bonds is 0. The van der Waals surface area contributed by atoms with Crippen molar-refractivity contribution in [1.29, 1.82) is 0 Å². The Morgan fingerprint density at radius 1 is 1.44 bits per heavy atom. The molecule has 1 aromatic heterocycles. The first kappa shape index (κ1) is 15.4. The van der Waals surface area contributed by atoms with Gasteiger partial charge in [0.15, 0.2) is 0 Å². The van der Waals surface area contributed by atoms with Crippen LogP contribution >= 0.6 is 11.6 Å². The fourth-order valence-corrected chi connectivity index (χ4v) is 1.47. The van der Waals surface area contributed by atoms with Gasteiger partial charge in [0.2, 0.25) is 0 Å². The standard InChI is InChI=1S/C6H6ClN.C5H10O.C2H6/c1-5-2-3-8-6(7)4-5;1-5-3-2-4-6-5;1-2/h2-4H,1H3;5H,2-4H2,1H3;1-2H3. The summed E-state index contributed by atoms with van der Waals surface area (Å²) >= 11 is 5.53. The van der Waals surface area contributed by atoms with E-state index in [0.29, 0.717) is 11.3 Å². The van der Waals surface area contributed by atoms with Crippen molar-refractivity contribution in [3.05, 3.63) is 29.0 Å². The van der Waals surface area contributed by atoms with Crippen LogP contribution in [0.3, 0.4) is 0 Å². The van der Waals surface area contributed by atoms with Gasteiger partial charge in [-0.05, 0) is 44.4 Å². The fourth-order valence-electron chi connectivity index (χ4n) is 1.24. The highest BCUT2D eigenvalue weighted by molar-refractivity contribution is 6.29. The maximum Gasteiger partial charge on any atom is 0.129 e. The summed E-state index contributed by atoms with van der Waals surface area (Å²) in [5.74, 6) is 0. The molecule has 1 aliphatic heterocycles. The Morgan fingerprint density at radius 3 is 2.38 bits per heavy atom. The molecule has 0 aromatic carbocycles. The topological polar surface area (TPSA) is 22.1 Å². The van der Waals surface area contributed by atoms with Gasteiger partial charge in [-0.15, -0.1) is 0 Å². The van der Waals surface area contributed by atoms with E-state index in [0.717, 1.165) is 12.2 Å². The molecule has 0 saturated carbocycles. The second-order valence-electron chi connectivity index (χ2n) is 3.48. The SMILES string of the molecule is CC.CC1CCCO1.Cc1ccnc(Cl)c1. The van der Waals surface area contributed by atoms with Crippen LogP contribution in [0.25, 0.3) is 0 Å². The number of hydrogen-bond donors (Lipinski definition) is 0. The highest BCUT2D eigenvalue weighted by atomic mass is 35.5. The Labute approximate surface area is 104 Å². The maximum absolute atomic E-state index is 5.53. The zero-order valence-electron chi connectivity index (χ0n) is 10.7. The lowest BCUT2D eigenvalue weighted by molar-refractivity contribution is 0.125. The molecular weight excluding hydrogens is 222 g/mol. The third kappa shape index (κ3) is 7.66. The number of halogens is 1. The monoisotopic (exact) mass is 243 g/mol. The highest BCUT2D eigenvalue weighted by Crippen LogP contribution is 2.09. The molecular formula is C13H22ClNO. The van der Waals surface area contributed by atoms with Crippen molar-refractivity contribution in [3.8, 4) is 0 Å². The Hall–Kier alpha value is -0.600. The molecule has 1 fully saturated rings. The van der Waals surface area contributed by atoms with Crippen LogP contribution in [0.15, 0.2) is 18.3 Å². The van der Waals surface area contributed by atoms with E-state index in [4.69, 9.17) is 16.3 Å². The van der Waals surface area contributed by atoms with Gasteiger partial charge in [-0.3, -0.25) is 0 Å². The summed E-state index contributed by atoms with van der Waals surface area (Å²) < 4.78 is 5.15. The molecule has 2 nitrogen and oxygen atoms in total. The molecule has 16 heavy (non-hydrogen) atoms. The van der Waals surface area contributed by atoms with Crippen molar-refractivity contribution >= 4 is 11.6 Å². The van der Waals surface area contributed by atoms with Gasteiger partial charge in [-0.2, -0.15) is 0 Å². The molecule has 2 rings (SSSR count). The van der Waals surface area contributed by atoms with Crippen molar-refractivity contribution in [2.75, 3.05) is 6.61 Å². The molecule has 0 radical (unpaired) electrons. The Kier molecular flexibility index (Phi) is 9.25. The summed E-state index contributed by atoms with van der Waals surface area (Å²) in [7, 11) is 0. The molecule has 2 heterocycles. The van der Waals surface area contributed by atoms with Gasteiger partial charge in [0.1, 0.15) is 5.15 Å². The molecule has 92 valence electrons. The van der Waals surface area contributed by atoms with Gasteiger partial charge >= 0.3 is 0 Å². The number of pyridine rings is 1. The van der Waals surface area contributed by atoms with Gasteiger partial charge in [-0.1, -0.05) is 25.4 Å². The van der Waals surface area contributed by atoms with E-state index in [9.17, 15) is 0 Å². The number of nitrogens with zero attached hydrogens (tertiary/aromatic N) is 1. The smallest absolute Gasteiger partial charge is 0.129 e. The van der Waals surface area contributed by atoms with Crippen molar-refractivity contribution in [2.45, 2.75) is 46.6 Å². The van der Waals surface area contributed by atoms with Gasteiger partial charge in [0.05, 0.1) is 6.10 Å². The zero-order chi connectivity index (χ0) is 12.4. The second kappa shape index (κ2) is 9.61. The van der Waals surface area contributed by atoms with Crippen LogP contribution < -0.4 is 0 Å². The average Bonchev–Trinajstić information content (AvgIpc) is 2.73. The molecule has 0 spiro atoms. The fraction of sp³-hybridized carbons (Fsp3) is 0.615. The summed E-state index contributed by atoms with van der Waals surface area (Å²) in [5.41, 5.74) is 1.14. The van der Waals surface area contributed by atoms with Crippen molar-refractivity contribution in [3.63, 3.8) is 0 Å². The van der Waals surface area contributed by atoms with Gasteiger partial charge in [0, 0.05) is 12.8 Å². The quantitative estimate of drug-likeness (QED) is 0.636. The number of hydrogen-bond acceptors (Lipinski definition) is 2. The summed E-state index contributed by atoms with van der Waals surface area (Å²) in [4.78, 5) is 3.81. The molecule has 1 saturated heterocycles. The van der Waals surface area contributed by atoms with Crippen molar-refractivity contribution in [1.82, 2.24) is 4.98 Å². The Bertz CT molecular complexity index is 255. The van der Waals surface area contributed by atoms with Crippen LogP contribution in [-0.2, 0) is 4.74 Å². The van der Waals surface area contributed by atoms with E-state index >= 15 is 0 Å². The van der Waals surface area contributed by atoms with E-state index in [2.05, 4.69) is 11.9 Å². The molecule has 0 N–H and O–H groups in total. The molecule has 0 bridgehead atoms. The first-order chi connectivity index (χ1) is 7.68. The normalized spacial score (nSPS) is 17.9. The minimum absolute atomic E-state index is 0.546. The summed E-state index contributed by atoms with van der Waals surface area (Å²) in [6.45, 7) is 9.09. The first-order valence-corrected chi connectivity index (χ1v) is 6.26. The number of ether oxygens (including phenoxy) is 1. The molecule has 3 heteroatoms. The van der Waals surface area contributed by atoms with E-state index in [1.807, 2.05) is 32.9 Å². The number of aryl methyl sites for hydroxylation is 1. The molecule has 1 atom stereocenters. The highest BCUT2D eigenvalue weighted by Gasteiger charge is 2.07. The minimum Gasteiger partial charge on any atom is -0.379 e. The largest absolute Gasteiger partial charge is 0.379 e. The lowest BCUT2D eigenvalue weighted by Gasteiger charge is -1.94. The van der Waals surface area contributed by atoms with Crippen LogP contribution in [0, 0.1) is 6.92 Å².